The van der Waals surface area contributed by atoms with Crippen LogP contribution < -0.4 is 5.84 Å². The summed E-state index contributed by atoms with van der Waals surface area (Å²) in [6.07, 6.45) is 0. The molecule has 0 heterocycles. The Balaban J connectivity index is 3.51. The van der Waals surface area contributed by atoms with Crippen molar-refractivity contribution >= 4 is 0 Å². The zero-order valence-electron chi connectivity index (χ0n) is 5.16. The highest BCUT2D eigenvalue weighted by molar-refractivity contribution is 4.08. The van der Waals surface area contributed by atoms with E-state index in [4.69, 9.17) is 0 Å². The van der Waals surface area contributed by atoms with Gasteiger partial charge in [0.15, 0.2) is 0 Å². The van der Waals surface area contributed by atoms with Crippen LogP contribution in [0.5, 0.6) is 0 Å². The van der Waals surface area contributed by atoms with Gasteiger partial charge in [-0.2, -0.15) is 5.11 Å². The second kappa shape index (κ2) is 7.20. The van der Waals surface area contributed by atoms with Crippen molar-refractivity contribution in [3.05, 3.63) is 0 Å². The van der Waals surface area contributed by atoms with E-state index in [1.54, 1.807) is 0 Å². The van der Waals surface area contributed by atoms with Crippen molar-refractivity contribution < 1.29 is 0 Å². The lowest BCUT2D eigenvalue weighted by atomic mass is 11.6. The van der Waals surface area contributed by atoms with Crippen LogP contribution in [0, 0.1) is 0 Å². The van der Waals surface area contributed by atoms with Gasteiger partial charge in [-0.15, -0.1) is 0 Å². The van der Waals surface area contributed by atoms with Gasteiger partial charge in [-0.3, -0.25) is 0 Å². The Morgan fingerprint density at radius 3 is 1.80 bits per heavy atom. The highest BCUT2D eigenvalue weighted by Gasteiger charge is 1.63. The molecule has 0 rings (SSSR count). The van der Waals surface area contributed by atoms with Gasteiger partial charge in [0.1, 0.15) is 0 Å². The molecule has 0 atom stereocenters. The minimum atomic E-state index is 1.44. The average Bonchev–Trinajstić information content (AvgIpc) is 1.97. The molecular formula is CH5N9. The molecule has 0 aliphatic heterocycles. The Morgan fingerprint density at radius 2 is 1.30 bits per heavy atom. The van der Waals surface area contributed by atoms with E-state index in [-0.39, 0.29) is 0 Å². The molecule has 0 amide bonds. The Labute approximate surface area is 55.7 Å². The largest absolute Gasteiger partial charge is 0.303 e. The summed E-state index contributed by atoms with van der Waals surface area (Å²) in [5, 5.41) is 24.0. The fourth-order valence-electron chi connectivity index (χ4n) is 0.135. The summed E-state index contributed by atoms with van der Waals surface area (Å²) in [7, 11) is 1.44. The lowest BCUT2D eigenvalue weighted by Gasteiger charge is -1.67. The van der Waals surface area contributed by atoms with Gasteiger partial charge in [-0.25, -0.2) is 0 Å². The van der Waals surface area contributed by atoms with E-state index in [0.717, 1.165) is 0 Å². The lowest BCUT2D eigenvalue weighted by Crippen LogP contribution is -1.70. The maximum absolute atomic E-state index is 4.56. The fourth-order valence-corrected chi connectivity index (χ4v) is 0.135. The second-order valence-electron chi connectivity index (χ2n) is 0.852. The van der Waals surface area contributed by atoms with Gasteiger partial charge in [0, 0.05) is 0 Å². The Kier molecular flexibility index (Phi) is 5.90. The molecule has 54 valence electrons. The van der Waals surface area contributed by atoms with E-state index in [1.165, 1.54) is 7.05 Å². The molecule has 0 spiro atoms. The summed E-state index contributed by atoms with van der Waals surface area (Å²) in [4.78, 5) is 0. The van der Waals surface area contributed by atoms with E-state index in [1.807, 2.05) is 0 Å². The number of hydrogen-bond acceptors (Lipinski definition) is 2. The second-order valence-corrected chi connectivity index (χ2v) is 0.852. The monoisotopic (exact) mass is 143 g/mol. The summed E-state index contributed by atoms with van der Waals surface area (Å²) in [5.74, 6) is 4.56. The van der Waals surface area contributed by atoms with Gasteiger partial charge in [0.25, 0.3) is 0 Å². The highest BCUT2D eigenvalue weighted by Crippen LogP contribution is 1.82. The van der Waals surface area contributed by atoms with Gasteiger partial charge >= 0.3 is 0 Å². The molecule has 0 saturated carbocycles. The summed E-state index contributed by atoms with van der Waals surface area (Å²) in [6, 6.07) is 0. The van der Waals surface area contributed by atoms with Gasteiger partial charge in [0.2, 0.25) is 0 Å². The summed E-state index contributed by atoms with van der Waals surface area (Å²) in [6.45, 7) is 0. The molecule has 9 heteroatoms. The molecule has 0 unspecified atom stereocenters. The molecule has 9 nitrogen and oxygen atoms in total. The Morgan fingerprint density at radius 1 is 0.800 bits per heavy atom. The number of rotatable bonds is 3. The van der Waals surface area contributed by atoms with Crippen LogP contribution in [0.1, 0.15) is 0 Å². The average molecular weight is 143 g/mol. The predicted octanol–water partition coefficient (Wildman–Crippen LogP) is 1.04. The van der Waals surface area contributed by atoms with Crippen molar-refractivity contribution in [2.45, 2.75) is 0 Å². The molecule has 0 aliphatic carbocycles. The lowest BCUT2D eigenvalue weighted by molar-refractivity contribution is 0.787. The van der Waals surface area contributed by atoms with Crippen LogP contribution >= 0.6 is 0 Å². The quantitative estimate of drug-likeness (QED) is 0.353. The van der Waals surface area contributed by atoms with E-state index >= 15 is 0 Å². The summed E-state index contributed by atoms with van der Waals surface area (Å²) < 4.78 is 0. The van der Waals surface area contributed by atoms with Crippen LogP contribution in [0.3, 0.4) is 0 Å². The van der Waals surface area contributed by atoms with Crippen LogP contribution in [0.25, 0.3) is 0 Å². The third-order valence-corrected chi connectivity index (χ3v) is 0.341. The maximum Gasteiger partial charge on any atom is 0.0510 e. The highest BCUT2D eigenvalue weighted by atomic mass is 15.6. The fraction of sp³-hybridized carbons (Fsp3) is 1.00. The van der Waals surface area contributed by atoms with Crippen LogP contribution in [0.15, 0.2) is 41.7 Å². The molecule has 0 aromatic heterocycles. The van der Waals surface area contributed by atoms with E-state index in [9.17, 15) is 0 Å². The minimum Gasteiger partial charge on any atom is -0.303 e. The molecule has 0 saturated heterocycles. The van der Waals surface area contributed by atoms with Gasteiger partial charge in [-0.1, -0.05) is 5.22 Å². The summed E-state index contributed by atoms with van der Waals surface area (Å²) >= 11 is 0. The topological polar surface area (TPSA) is 125 Å². The van der Waals surface area contributed by atoms with Crippen LogP contribution in [0.4, 0.5) is 0 Å². The van der Waals surface area contributed by atoms with Crippen molar-refractivity contribution in [3.63, 3.8) is 0 Å². The number of nitrogens with zero attached hydrogens (tertiary/aromatic N) is 8. The third-order valence-electron chi connectivity index (χ3n) is 0.341. The number of nitrogens with two attached hydrogens (primary N) is 1. The normalized spacial score (nSPS) is 13.3. The SMILES string of the molecule is CN=NN=NN=NN=NN. The molecule has 2 N–H and O–H groups in total. The third kappa shape index (κ3) is 6.20. The van der Waals surface area contributed by atoms with Crippen molar-refractivity contribution in [2.24, 2.45) is 47.5 Å². The van der Waals surface area contributed by atoms with E-state index in [0.29, 0.717) is 0 Å². The molecular weight excluding hydrogens is 138 g/mol. The van der Waals surface area contributed by atoms with Gasteiger partial charge in [0.05, 0.1) is 7.05 Å². The molecule has 0 fully saturated rings. The first-order chi connectivity index (χ1) is 4.91. The molecule has 0 aromatic rings. The zero-order chi connectivity index (χ0) is 7.66. The first-order valence-electron chi connectivity index (χ1n) is 2.11. The number of hydrogen-bond donors (Lipinski definition) is 1. The van der Waals surface area contributed by atoms with Crippen LogP contribution in [-0.2, 0) is 0 Å². The smallest absolute Gasteiger partial charge is 0.0510 e. The Hall–Kier alpha value is -1.80. The molecule has 0 bridgehead atoms. The van der Waals surface area contributed by atoms with Crippen LogP contribution in [-0.4, -0.2) is 7.05 Å². The molecule has 10 heavy (non-hydrogen) atoms. The van der Waals surface area contributed by atoms with Gasteiger partial charge < -0.3 is 5.84 Å². The first kappa shape index (κ1) is 8.20. The van der Waals surface area contributed by atoms with E-state index < -0.39 is 0 Å². The Bertz CT molecular complexity index is 142. The molecule has 0 aromatic carbocycles. The van der Waals surface area contributed by atoms with E-state index in [2.05, 4.69) is 47.5 Å². The molecule has 0 aliphatic rings. The first-order valence-corrected chi connectivity index (χ1v) is 2.11. The van der Waals surface area contributed by atoms with Crippen LogP contribution in [0.2, 0.25) is 0 Å². The van der Waals surface area contributed by atoms with Gasteiger partial charge in [-0.05, 0) is 31.3 Å². The molecule has 0 radical (unpaired) electrons. The zero-order valence-corrected chi connectivity index (χ0v) is 5.16. The summed E-state index contributed by atoms with van der Waals surface area (Å²) in [5.41, 5.74) is 0. The maximum atomic E-state index is 4.56. The standard InChI is InChI=1S/CH5N9/c1-3-5-7-9-10-8-6-4-2/h1H3,(H2,2,3,6,7,10). The predicted molar refractivity (Wildman–Crippen MR) is 29.5 cm³/mol. The minimum absolute atomic E-state index is 1.44. The van der Waals surface area contributed by atoms with Crippen molar-refractivity contribution in [1.29, 1.82) is 0 Å². The van der Waals surface area contributed by atoms with Crippen molar-refractivity contribution in [1.82, 2.24) is 0 Å². The van der Waals surface area contributed by atoms with Crippen molar-refractivity contribution in [2.75, 3.05) is 7.05 Å². The van der Waals surface area contributed by atoms with Crippen molar-refractivity contribution in [3.8, 4) is 0 Å².